The van der Waals surface area contributed by atoms with Crippen LogP contribution >= 0.6 is 0 Å². The molecule has 1 unspecified atom stereocenters. The molecule has 12 nitrogen and oxygen atoms in total. The summed E-state index contributed by atoms with van der Waals surface area (Å²) < 4.78 is 11.5. The van der Waals surface area contributed by atoms with E-state index in [2.05, 4.69) is 25.9 Å². The summed E-state index contributed by atoms with van der Waals surface area (Å²) in [6, 6.07) is 29.3. The first kappa shape index (κ1) is 34.6. The van der Waals surface area contributed by atoms with E-state index in [0.717, 1.165) is 39.0 Å². The van der Waals surface area contributed by atoms with Crippen LogP contribution in [0.2, 0.25) is 0 Å². The number of aromatic nitrogens is 2. The van der Waals surface area contributed by atoms with Crippen molar-refractivity contribution in [1.29, 1.82) is 0 Å². The molecule has 0 bridgehead atoms. The summed E-state index contributed by atoms with van der Waals surface area (Å²) >= 11 is 0. The van der Waals surface area contributed by atoms with Crippen LogP contribution in [0.1, 0.15) is 50.9 Å². The lowest BCUT2D eigenvalue weighted by Gasteiger charge is -2.21. The van der Waals surface area contributed by atoms with Crippen molar-refractivity contribution in [3.8, 4) is 11.5 Å². The number of benzene rings is 4. The summed E-state index contributed by atoms with van der Waals surface area (Å²) in [5.41, 5.74) is 23.2. The van der Waals surface area contributed by atoms with Crippen molar-refractivity contribution >= 4 is 45.0 Å². The molecule has 6 rings (SSSR count). The lowest BCUT2D eigenvalue weighted by atomic mass is 10.0. The molecule has 3 atom stereocenters. The van der Waals surface area contributed by atoms with Crippen LogP contribution in [-0.4, -0.2) is 48.2 Å². The number of hydrogen-bond acceptors (Lipinski definition) is 10. The van der Waals surface area contributed by atoms with Crippen LogP contribution in [0.4, 0.5) is 11.4 Å². The highest BCUT2D eigenvalue weighted by atomic mass is 16.5. The van der Waals surface area contributed by atoms with Crippen molar-refractivity contribution in [3.63, 3.8) is 0 Å². The molecular formula is C39H40N8O4. The molecule has 0 spiro atoms. The van der Waals surface area contributed by atoms with E-state index in [0.29, 0.717) is 41.0 Å². The Bertz CT molecular complexity index is 2180. The predicted molar refractivity (Wildman–Crippen MR) is 200 cm³/mol. The zero-order valence-electron chi connectivity index (χ0n) is 28.3. The van der Waals surface area contributed by atoms with Crippen molar-refractivity contribution in [2.45, 2.75) is 25.2 Å². The largest absolute Gasteiger partial charge is 0.497 e. The van der Waals surface area contributed by atoms with Gasteiger partial charge in [0.25, 0.3) is 11.8 Å². The quantitative estimate of drug-likeness (QED) is 0.0824. The van der Waals surface area contributed by atoms with Gasteiger partial charge in [0.2, 0.25) is 0 Å². The first-order chi connectivity index (χ1) is 24.8. The zero-order chi connectivity index (χ0) is 35.9. The molecule has 2 heterocycles. The second-order valence-electron chi connectivity index (χ2n) is 11.9. The molecule has 12 heteroatoms. The van der Waals surface area contributed by atoms with Crippen molar-refractivity contribution < 1.29 is 19.1 Å². The number of amides is 2. The van der Waals surface area contributed by atoms with E-state index in [-0.39, 0.29) is 18.0 Å². The summed E-state index contributed by atoms with van der Waals surface area (Å²) in [5.74, 6) is 0.441. The van der Waals surface area contributed by atoms with E-state index in [1.165, 1.54) is 0 Å². The molecule has 0 saturated heterocycles. The van der Waals surface area contributed by atoms with Crippen LogP contribution in [-0.2, 0) is 0 Å². The number of fused-ring (bicyclic) bond motifs is 2. The van der Waals surface area contributed by atoms with Gasteiger partial charge in [-0.05, 0) is 66.6 Å². The summed E-state index contributed by atoms with van der Waals surface area (Å²) in [6.45, 7) is 2.41. The monoisotopic (exact) mass is 684 g/mol. The number of nitrogens with one attached hydrogen (secondary N) is 3. The van der Waals surface area contributed by atoms with E-state index in [9.17, 15) is 9.59 Å². The van der Waals surface area contributed by atoms with Gasteiger partial charge in [-0.15, -0.1) is 0 Å². The van der Waals surface area contributed by atoms with Gasteiger partial charge < -0.3 is 42.6 Å². The van der Waals surface area contributed by atoms with Gasteiger partial charge in [-0.2, -0.15) is 0 Å². The minimum absolute atomic E-state index is 0.189. The van der Waals surface area contributed by atoms with E-state index in [1.807, 2.05) is 78.9 Å². The Morgan fingerprint density at radius 1 is 0.706 bits per heavy atom. The van der Waals surface area contributed by atoms with E-state index in [1.54, 1.807) is 44.6 Å². The topological polar surface area (TPSA) is 193 Å². The van der Waals surface area contributed by atoms with Crippen LogP contribution in [0.15, 0.2) is 109 Å². The molecule has 0 aliphatic rings. The number of para-hydroxylation sites is 2. The number of anilines is 2. The number of carbonyl (C=O) groups is 2. The van der Waals surface area contributed by atoms with Crippen LogP contribution in [0.25, 0.3) is 21.8 Å². The molecular weight excluding hydrogens is 644 g/mol. The van der Waals surface area contributed by atoms with Crippen LogP contribution < -0.4 is 42.6 Å². The number of ether oxygens (including phenoxy) is 2. The first-order valence-electron chi connectivity index (χ1n) is 16.5. The van der Waals surface area contributed by atoms with Gasteiger partial charge in [-0.3, -0.25) is 19.6 Å². The average Bonchev–Trinajstić information content (AvgIpc) is 3.15. The summed E-state index contributed by atoms with van der Waals surface area (Å²) in [4.78, 5) is 34.3. The number of pyridine rings is 2. The number of rotatable bonds is 14. The molecule has 0 aliphatic carbocycles. The Hall–Kier alpha value is -6.24. The highest BCUT2D eigenvalue weighted by Gasteiger charge is 2.19. The smallest absolute Gasteiger partial charge is 0.256 e. The Balaban J connectivity index is 1.13. The van der Waals surface area contributed by atoms with Gasteiger partial charge in [0, 0.05) is 47.6 Å². The van der Waals surface area contributed by atoms with Crippen LogP contribution in [0, 0.1) is 0 Å². The van der Waals surface area contributed by atoms with Crippen molar-refractivity contribution in [3.05, 3.63) is 132 Å². The maximum absolute atomic E-state index is 13.5. The molecule has 2 aromatic heterocycles. The van der Waals surface area contributed by atoms with Crippen LogP contribution in [0.5, 0.6) is 11.5 Å². The molecule has 0 aliphatic heterocycles. The number of nitrogens with zero attached hydrogens (tertiary/aromatic N) is 2. The van der Waals surface area contributed by atoms with Gasteiger partial charge in [-0.1, -0.05) is 48.5 Å². The molecule has 4 aromatic carbocycles. The zero-order valence-corrected chi connectivity index (χ0v) is 28.3. The van der Waals surface area contributed by atoms with Crippen LogP contribution in [0.3, 0.4) is 0 Å². The Labute approximate surface area is 295 Å². The van der Waals surface area contributed by atoms with E-state index < -0.39 is 12.1 Å². The van der Waals surface area contributed by atoms with Crippen molar-refractivity contribution in [1.82, 2.24) is 15.3 Å². The molecule has 2 amide bonds. The third-order valence-electron chi connectivity index (χ3n) is 8.61. The highest BCUT2D eigenvalue weighted by Crippen LogP contribution is 2.30. The molecule has 9 N–H and O–H groups in total. The third kappa shape index (κ3) is 7.67. The fourth-order valence-electron chi connectivity index (χ4n) is 6.05. The second kappa shape index (κ2) is 15.5. The summed E-state index contributed by atoms with van der Waals surface area (Å²) in [7, 11) is 1.63. The number of hydrogen-bond donors (Lipinski definition) is 6. The van der Waals surface area contributed by atoms with Gasteiger partial charge in [0.05, 0.1) is 41.4 Å². The lowest BCUT2D eigenvalue weighted by molar-refractivity contribution is 0.0852. The molecule has 6 aromatic rings. The minimum Gasteiger partial charge on any atom is -0.497 e. The third-order valence-corrected chi connectivity index (χ3v) is 8.61. The second-order valence-corrected chi connectivity index (χ2v) is 11.9. The number of primary amides is 1. The fraction of sp³-hybridized carbons (Fsp3) is 0.179. The van der Waals surface area contributed by atoms with Gasteiger partial charge in [-0.25, -0.2) is 0 Å². The maximum Gasteiger partial charge on any atom is 0.256 e. The van der Waals surface area contributed by atoms with E-state index in [4.69, 9.17) is 26.7 Å². The molecule has 51 heavy (non-hydrogen) atoms. The normalized spacial score (nSPS) is 12.9. The maximum atomic E-state index is 13.5. The molecule has 0 fully saturated rings. The highest BCUT2D eigenvalue weighted by molar-refractivity contribution is 6.08. The number of methoxy groups -OCH3 is 1. The van der Waals surface area contributed by atoms with Crippen molar-refractivity contribution in [2.24, 2.45) is 17.2 Å². The minimum atomic E-state index is -0.652. The van der Waals surface area contributed by atoms with Gasteiger partial charge in [0.1, 0.15) is 11.5 Å². The molecule has 0 saturated carbocycles. The van der Waals surface area contributed by atoms with Gasteiger partial charge >= 0.3 is 0 Å². The molecule has 0 radical (unpaired) electrons. The van der Waals surface area contributed by atoms with Crippen molar-refractivity contribution in [2.75, 3.05) is 30.8 Å². The lowest BCUT2D eigenvalue weighted by Crippen LogP contribution is -2.36. The number of carbonyl (C=O) groups excluding carboxylic acids is 2. The Kier molecular flexibility index (Phi) is 10.5. The molecule has 260 valence electrons. The first-order valence-corrected chi connectivity index (χ1v) is 16.5. The average molecular weight is 685 g/mol. The SMILES string of the molecule is COc1cccc([C@@H](CN)Nc2ccnc3c(C(=O)NC(C)Oc4ccc([C@@H](CN)Nc5ccnc6c(C(N)=O)cccc56)cc4)cccc23)c1. The predicted octanol–water partition coefficient (Wildman–Crippen LogP) is 5.27. The van der Waals surface area contributed by atoms with E-state index >= 15 is 0 Å². The number of nitrogens with two attached hydrogens (primary N) is 3. The summed E-state index contributed by atoms with van der Waals surface area (Å²) in [5, 5.41) is 11.5. The fourth-order valence-corrected chi connectivity index (χ4v) is 6.05. The standard InChI is InChI=1S/C39H40N8O4/c1-23(51-26-14-12-24(13-15-26)34(21-40)46-32-16-18-43-36-28(32)8-4-10-30(36)38(42)48)45-39(49)31-11-5-9-29-33(17-19-44-37(29)31)47-35(22-41)25-6-3-7-27(20-25)50-2/h3-20,23,34-35H,21-22,40-41H2,1-2H3,(H2,42,48)(H,43,46)(H,44,47)(H,45,49)/t23?,34-,35-/m1/s1. The van der Waals surface area contributed by atoms with Gasteiger partial charge in [0.15, 0.2) is 6.23 Å². The Morgan fingerprint density at radius 2 is 1.27 bits per heavy atom. The Morgan fingerprint density at radius 3 is 1.86 bits per heavy atom. The summed E-state index contributed by atoms with van der Waals surface area (Å²) in [6.07, 6.45) is 2.64.